The number of rotatable bonds is 5. The number of hydrogen-bond donors (Lipinski definition) is 2. The number of benzene rings is 1. The average molecular weight is 330 g/mol. The van der Waals surface area contributed by atoms with Crippen LogP contribution < -0.4 is 5.32 Å². The highest BCUT2D eigenvalue weighted by molar-refractivity contribution is 5.88. The summed E-state index contributed by atoms with van der Waals surface area (Å²) in [6.45, 7) is 8.25. The number of carbonyl (C=O) groups is 1. The highest BCUT2D eigenvalue weighted by atomic mass is 16.3. The summed E-state index contributed by atoms with van der Waals surface area (Å²) in [6, 6.07) is 7.85. The Morgan fingerprint density at radius 1 is 1.25 bits per heavy atom. The van der Waals surface area contributed by atoms with Crippen molar-refractivity contribution >= 4 is 11.8 Å². The number of amides is 2. The first-order valence-corrected chi connectivity index (χ1v) is 8.12. The van der Waals surface area contributed by atoms with E-state index in [1.54, 1.807) is 14.0 Å². The molecule has 0 spiro atoms. The Labute approximate surface area is 143 Å². The topological polar surface area (TPSA) is 70.4 Å². The third-order valence-electron chi connectivity index (χ3n) is 3.80. The van der Waals surface area contributed by atoms with Crippen LogP contribution in [-0.2, 0) is 0 Å². The highest BCUT2D eigenvalue weighted by Gasteiger charge is 2.13. The molecule has 2 N–H and O–H groups in total. The number of aryl methyl sites for hydroxylation is 3. The van der Waals surface area contributed by atoms with Crippen molar-refractivity contribution in [2.45, 2.75) is 40.2 Å². The lowest BCUT2D eigenvalue weighted by Gasteiger charge is -2.17. The molecule has 0 aliphatic carbocycles. The number of anilines is 1. The maximum absolute atomic E-state index is 12.2. The third-order valence-corrected chi connectivity index (χ3v) is 3.80. The van der Waals surface area contributed by atoms with Crippen LogP contribution in [0, 0.1) is 20.8 Å². The predicted molar refractivity (Wildman–Crippen MR) is 95.7 cm³/mol. The number of hydrogen-bond acceptors (Lipinski definition) is 3. The van der Waals surface area contributed by atoms with Crippen LogP contribution in [0.5, 0.6) is 0 Å². The molecule has 0 bridgehead atoms. The lowest BCUT2D eigenvalue weighted by atomic mass is 10.1. The van der Waals surface area contributed by atoms with Gasteiger partial charge in [0.15, 0.2) is 5.82 Å². The molecule has 0 radical (unpaired) electrons. The van der Waals surface area contributed by atoms with E-state index in [1.165, 1.54) is 16.0 Å². The molecule has 0 aliphatic heterocycles. The Balaban J connectivity index is 2.12. The largest absolute Gasteiger partial charge is 0.393 e. The summed E-state index contributed by atoms with van der Waals surface area (Å²) in [4.78, 5) is 13.7. The fourth-order valence-corrected chi connectivity index (χ4v) is 2.56. The number of carbonyl (C=O) groups excluding carboxylic acids is 1. The van der Waals surface area contributed by atoms with Gasteiger partial charge in [-0.1, -0.05) is 6.07 Å². The molecule has 2 rings (SSSR count). The number of nitrogens with one attached hydrogen (secondary N) is 1. The first-order valence-electron chi connectivity index (χ1n) is 8.12. The fraction of sp³-hybridized carbons (Fsp3) is 0.444. The van der Waals surface area contributed by atoms with Crippen molar-refractivity contribution in [1.82, 2.24) is 14.7 Å². The normalized spacial score (nSPS) is 12.1. The van der Waals surface area contributed by atoms with Gasteiger partial charge in [-0.15, -0.1) is 5.10 Å². The smallest absolute Gasteiger partial charge is 0.322 e. The van der Waals surface area contributed by atoms with E-state index in [2.05, 4.69) is 42.5 Å². The molecular formula is C18H26N4O2. The van der Waals surface area contributed by atoms with Gasteiger partial charge in [-0.3, -0.25) is 5.32 Å². The molecule has 130 valence electrons. The Hall–Kier alpha value is -2.34. The number of aliphatic hydroxyl groups excluding tert-OH is 1. The minimum atomic E-state index is -0.425. The standard InChI is InChI=1S/C18H26N4O2/c1-12-8-13(2)10-16(9-12)22-14(3)11-17(20-22)19-18(24)21(5)7-6-15(4)23/h8-11,15,23H,6-7H2,1-5H3,(H,19,20,24). The second kappa shape index (κ2) is 7.49. The lowest BCUT2D eigenvalue weighted by Crippen LogP contribution is -2.33. The molecule has 6 heteroatoms. The van der Waals surface area contributed by atoms with E-state index in [9.17, 15) is 9.90 Å². The minimum Gasteiger partial charge on any atom is -0.393 e. The van der Waals surface area contributed by atoms with Crippen LogP contribution in [0.25, 0.3) is 5.69 Å². The summed E-state index contributed by atoms with van der Waals surface area (Å²) in [5, 5.41) is 16.6. The van der Waals surface area contributed by atoms with Gasteiger partial charge in [-0.05, 0) is 57.4 Å². The molecule has 1 aromatic heterocycles. The molecule has 0 aliphatic rings. The molecule has 1 aromatic carbocycles. The molecule has 0 saturated heterocycles. The average Bonchev–Trinajstić information content (AvgIpc) is 2.84. The zero-order valence-electron chi connectivity index (χ0n) is 15.0. The molecule has 2 amide bonds. The molecule has 6 nitrogen and oxygen atoms in total. The van der Waals surface area contributed by atoms with Crippen LogP contribution in [0.3, 0.4) is 0 Å². The second-order valence-electron chi connectivity index (χ2n) is 6.42. The van der Waals surface area contributed by atoms with Gasteiger partial charge >= 0.3 is 6.03 Å². The van der Waals surface area contributed by atoms with Crippen LogP contribution in [0.1, 0.15) is 30.2 Å². The molecule has 1 heterocycles. The van der Waals surface area contributed by atoms with Crippen LogP contribution in [0.15, 0.2) is 24.3 Å². The summed E-state index contributed by atoms with van der Waals surface area (Å²) < 4.78 is 1.82. The zero-order valence-corrected chi connectivity index (χ0v) is 15.0. The first kappa shape index (κ1) is 18.0. The Bertz CT molecular complexity index is 702. The van der Waals surface area contributed by atoms with Gasteiger partial charge in [-0.2, -0.15) is 0 Å². The summed E-state index contributed by atoms with van der Waals surface area (Å²) in [6.07, 6.45) is 0.117. The Morgan fingerprint density at radius 2 is 1.88 bits per heavy atom. The van der Waals surface area contributed by atoms with E-state index in [0.717, 1.165) is 11.4 Å². The van der Waals surface area contributed by atoms with Crippen LogP contribution in [0.2, 0.25) is 0 Å². The molecule has 1 atom stereocenters. The van der Waals surface area contributed by atoms with E-state index in [1.807, 2.05) is 17.7 Å². The molecule has 0 saturated carbocycles. The van der Waals surface area contributed by atoms with Gasteiger partial charge < -0.3 is 10.0 Å². The second-order valence-corrected chi connectivity index (χ2v) is 6.42. The van der Waals surface area contributed by atoms with E-state index in [-0.39, 0.29) is 6.03 Å². The van der Waals surface area contributed by atoms with Gasteiger partial charge in [0, 0.05) is 25.4 Å². The molecule has 24 heavy (non-hydrogen) atoms. The van der Waals surface area contributed by atoms with E-state index < -0.39 is 6.10 Å². The van der Waals surface area contributed by atoms with E-state index in [4.69, 9.17) is 0 Å². The van der Waals surface area contributed by atoms with Gasteiger partial charge in [-0.25, -0.2) is 9.48 Å². The lowest BCUT2D eigenvalue weighted by molar-refractivity contribution is 0.167. The SMILES string of the molecule is Cc1cc(C)cc(-n2nc(NC(=O)N(C)CCC(C)O)cc2C)c1. The number of nitrogens with zero attached hydrogens (tertiary/aromatic N) is 3. The van der Waals surface area contributed by atoms with Crippen LogP contribution in [0.4, 0.5) is 10.6 Å². The summed E-state index contributed by atoms with van der Waals surface area (Å²) in [5.74, 6) is 0.514. The van der Waals surface area contributed by atoms with Crippen molar-refractivity contribution in [2.24, 2.45) is 0 Å². The van der Waals surface area contributed by atoms with Gasteiger partial charge in [0.2, 0.25) is 0 Å². The van der Waals surface area contributed by atoms with Crippen molar-refractivity contribution in [3.63, 3.8) is 0 Å². The van der Waals surface area contributed by atoms with Crippen molar-refractivity contribution in [3.8, 4) is 5.69 Å². The van der Waals surface area contributed by atoms with Gasteiger partial charge in [0.05, 0.1) is 11.8 Å². The fourth-order valence-electron chi connectivity index (χ4n) is 2.56. The summed E-state index contributed by atoms with van der Waals surface area (Å²) in [7, 11) is 1.70. The van der Waals surface area contributed by atoms with Gasteiger partial charge in [0.1, 0.15) is 0 Å². The quantitative estimate of drug-likeness (QED) is 0.885. The first-order chi connectivity index (χ1) is 11.3. The molecule has 2 aromatic rings. The van der Waals surface area contributed by atoms with Crippen molar-refractivity contribution in [1.29, 1.82) is 0 Å². The van der Waals surface area contributed by atoms with Crippen molar-refractivity contribution in [3.05, 3.63) is 41.1 Å². The Morgan fingerprint density at radius 3 is 2.46 bits per heavy atom. The highest BCUT2D eigenvalue weighted by Crippen LogP contribution is 2.18. The van der Waals surface area contributed by atoms with Crippen LogP contribution in [-0.4, -0.2) is 45.5 Å². The number of aromatic nitrogens is 2. The molecule has 0 fully saturated rings. The van der Waals surface area contributed by atoms with E-state index in [0.29, 0.717) is 18.8 Å². The number of aliphatic hydroxyl groups is 1. The monoisotopic (exact) mass is 330 g/mol. The van der Waals surface area contributed by atoms with Gasteiger partial charge in [0.25, 0.3) is 0 Å². The summed E-state index contributed by atoms with van der Waals surface area (Å²) in [5.41, 5.74) is 4.27. The van der Waals surface area contributed by atoms with E-state index >= 15 is 0 Å². The zero-order chi connectivity index (χ0) is 17.9. The molecule has 1 unspecified atom stereocenters. The maximum Gasteiger partial charge on any atom is 0.322 e. The van der Waals surface area contributed by atoms with Crippen LogP contribution >= 0.6 is 0 Å². The van der Waals surface area contributed by atoms with Crippen molar-refractivity contribution in [2.75, 3.05) is 18.9 Å². The predicted octanol–water partition coefficient (Wildman–Crippen LogP) is 3.03. The Kier molecular flexibility index (Phi) is 5.62. The maximum atomic E-state index is 12.2. The van der Waals surface area contributed by atoms with Crippen molar-refractivity contribution < 1.29 is 9.90 Å². The molecular weight excluding hydrogens is 304 g/mol. The number of urea groups is 1. The minimum absolute atomic E-state index is 0.235. The summed E-state index contributed by atoms with van der Waals surface area (Å²) >= 11 is 0. The third kappa shape index (κ3) is 4.58.